The van der Waals surface area contributed by atoms with Crippen LogP contribution in [0.25, 0.3) is 0 Å². The van der Waals surface area contributed by atoms with Crippen LogP contribution in [0.3, 0.4) is 0 Å². The molecule has 0 radical (unpaired) electrons. The molecule has 0 bridgehead atoms. The van der Waals surface area contributed by atoms with Crippen molar-refractivity contribution < 1.29 is 9.32 Å². The van der Waals surface area contributed by atoms with Gasteiger partial charge in [0, 0.05) is 12.1 Å². The predicted octanol–water partition coefficient (Wildman–Crippen LogP) is 1.37. The Morgan fingerprint density at radius 1 is 1.42 bits per heavy atom. The monoisotopic (exact) mass is 262 g/mol. The highest BCUT2D eigenvalue weighted by Gasteiger charge is 2.13. The minimum absolute atomic E-state index is 0.116. The number of carbonyl (C=O) groups excluding carboxylic acids is 1. The Kier molecular flexibility index (Phi) is 3.46. The third-order valence-corrected chi connectivity index (χ3v) is 2.42. The molecular weight excluding hydrogens is 248 g/mol. The normalized spacial score (nSPS) is 10.7. The standard InChI is InChI=1S/C12H14N4O3/c1-7(2)16-11(17)5-4-9(14-16)12(18)13-10-6-8(3)19-15-10/h4-7H,1-3H3,(H,13,15,18). The molecule has 0 aliphatic carbocycles. The molecule has 0 saturated carbocycles. The zero-order valence-electron chi connectivity index (χ0n) is 10.9. The molecule has 0 aromatic carbocycles. The van der Waals surface area contributed by atoms with Gasteiger partial charge in [-0.15, -0.1) is 0 Å². The van der Waals surface area contributed by atoms with Crippen molar-refractivity contribution in [1.29, 1.82) is 0 Å². The van der Waals surface area contributed by atoms with Crippen LogP contribution < -0.4 is 10.9 Å². The molecule has 0 unspecified atom stereocenters. The first-order valence-corrected chi connectivity index (χ1v) is 5.82. The summed E-state index contributed by atoms with van der Waals surface area (Å²) in [6.45, 7) is 5.36. The third kappa shape index (κ3) is 2.87. The van der Waals surface area contributed by atoms with E-state index < -0.39 is 5.91 Å². The first-order valence-electron chi connectivity index (χ1n) is 5.82. The molecule has 7 nitrogen and oxygen atoms in total. The lowest BCUT2D eigenvalue weighted by Crippen LogP contribution is -2.27. The summed E-state index contributed by atoms with van der Waals surface area (Å²) >= 11 is 0. The van der Waals surface area contributed by atoms with Crippen molar-refractivity contribution in [2.75, 3.05) is 5.32 Å². The summed E-state index contributed by atoms with van der Waals surface area (Å²) in [5, 5.41) is 10.2. The van der Waals surface area contributed by atoms with Crippen LogP contribution >= 0.6 is 0 Å². The molecular formula is C12H14N4O3. The van der Waals surface area contributed by atoms with Crippen molar-refractivity contribution >= 4 is 11.7 Å². The van der Waals surface area contributed by atoms with E-state index in [1.807, 2.05) is 13.8 Å². The molecule has 19 heavy (non-hydrogen) atoms. The van der Waals surface area contributed by atoms with Crippen molar-refractivity contribution in [3.05, 3.63) is 40.0 Å². The van der Waals surface area contributed by atoms with Gasteiger partial charge in [-0.05, 0) is 26.8 Å². The van der Waals surface area contributed by atoms with Gasteiger partial charge in [0.1, 0.15) is 11.5 Å². The van der Waals surface area contributed by atoms with Crippen LogP contribution in [0.4, 0.5) is 5.82 Å². The maximum Gasteiger partial charge on any atom is 0.277 e. The number of carbonyl (C=O) groups is 1. The van der Waals surface area contributed by atoms with E-state index in [-0.39, 0.29) is 17.3 Å². The molecule has 1 amide bonds. The van der Waals surface area contributed by atoms with Crippen molar-refractivity contribution in [3.63, 3.8) is 0 Å². The van der Waals surface area contributed by atoms with Gasteiger partial charge in [-0.2, -0.15) is 5.10 Å². The number of nitrogens with zero attached hydrogens (tertiary/aromatic N) is 3. The Balaban J connectivity index is 2.24. The molecule has 2 heterocycles. The van der Waals surface area contributed by atoms with Gasteiger partial charge in [-0.3, -0.25) is 9.59 Å². The van der Waals surface area contributed by atoms with E-state index in [0.717, 1.165) is 0 Å². The maximum atomic E-state index is 11.9. The molecule has 7 heteroatoms. The van der Waals surface area contributed by atoms with Gasteiger partial charge in [0.25, 0.3) is 11.5 Å². The molecule has 100 valence electrons. The summed E-state index contributed by atoms with van der Waals surface area (Å²) < 4.78 is 6.09. The lowest BCUT2D eigenvalue weighted by Gasteiger charge is -2.09. The topological polar surface area (TPSA) is 90.0 Å². The molecule has 0 aliphatic rings. The van der Waals surface area contributed by atoms with Gasteiger partial charge >= 0.3 is 0 Å². The largest absolute Gasteiger partial charge is 0.360 e. The second-order valence-electron chi connectivity index (χ2n) is 4.37. The van der Waals surface area contributed by atoms with Crippen LogP contribution in [-0.4, -0.2) is 20.8 Å². The van der Waals surface area contributed by atoms with Crippen LogP contribution in [0.2, 0.25) is 0 Å². The Morgan fingerprint density at radius 3 is 2.74 bits per heavy atom. The fourth-order valence-electron chi connectivity index (χ4n) is 1.52. The van der Waals surface area contributed by atoms with E-state index in [4.69, 9.17) is 4.52 Å². The van der Waals surface area contributed by atoms with Crippen LogP contribution in [0.1, 0.15) is 36.1 Å². The van der Waals surface area contributed by atoms with E-state index in [9.17, 15) is 9.59 Å². The molecule has 0 aliphatic heterocycles. The average molecular weight is 262 g/mol. The van der Waals surface area contributed by atoms with Crippen LogP contribution in [0.15, 0.2) is 27.5 Å². The van der Waals surface area contributed by atoms with E-state index in [0.29, 0.717) is 11.6 Å². The van der Waals surface area contributed by atoms with Crippen molar-refractivity contribution in [2.45, 2.75) is 26.8 Å². The van der Waals surface area contributed by atoms with Gasteiger partial charge in [0.2, 0.25) is 0 Å². The molecule has 0 spiro atoms. The summed E-state index contributed by atoms with van der Waals surface area (Å²) in [7, 11) is 0. The molecule has 2 aromatic rings. The number of anilines is 1. The van der Waals surface area contributed by atoms with Gasteiger partial charge in [0.15, 0.2) is 5.82 Å². The van der Waals surface area contributed by atoms with Crippen LogP contribution in [0, 0.1) is 6.92 Å². The lowest BCUT2D eigenvalue weighted by molar-refractivity contribution is 0.101. The minimum Gasteiger partial charge on any atom is -0.360 e. The van der Waals surface area contributed by atoms with Crippen molar-refractivity contribution in [2.24, 2.45) is 0 Å². The minimum atomic E-state index is -0.442. The third-order valence-electron chi connectivity index (χ3n) is 2.42. The molecule has 2 aromatic heterocycles. The van der Waals surface area contributed by atoms with Crippen molar-refractivity contribution in [3.8, 4) is 0 Å². The van der Waals surface area contributed by atoms with Crippen LogP contribution in [-0.2, 0) is 0 Å². The molecule has 1 N–H and O–H groups in total. The van der Waals surface area contributed by atoms with E-state index in [1.165, 1.54) is 16.8 Å². The van der Waals surface area contributed by atoms with E-state index >= 15 is 0 Å². The van der Waals surface area contributed by atoms with Gasteiger partial charge < -0.3 is 9.84 Å². The van der Waals surface area contributed by atoms with E-state index in [1.54, 1.807) is 13.0 Å². The molecule has 0 fully saturated rings. The Hall–Kier alpha value is -2.44. The lowest BCUT2D eigenvalue weighted by atomic mass is 10.3. The number of rotatable bonds is 3. The number of hydrogen-bond donors (Lipinski definition) is 1. The zero-order chi connectivity index (χ0) is 14.0. The second kappa shape index (κ2) is 5.05. The Bertz CT molecular complexity index is 657. The number of aryl methyl sites for hydroxylation is 1. The highest BCUT2D eigenvalue weighted by molar-refractivity contribution is 6.02. The fourth-order valence-corrected chi connectivity index (χ4v) is 1.52. The summed E-state index contributed by atoms with van der Waals surface area (Å²) in [4.78, 5) is 23.5. The summed E-state index contributed by atoms with van der Waals surface area (Å²) in [5.41, 5.74) is -0.0993. The first-order chi connectivity index (χ1) is 8.97. The maximum absolute atomic E-state index is 11.9. The second-order valence-corrected chi connectivity index (χ2v) is 4.37. The fraction of sp³-hybridized carbons (Fsp3) is 0.333. The Labute approximate surface area is 109 Å². The quantitative estimate of drug-likeness (QED) is 0.902. The Morgan fingerprint density at radius 2 is 2.16 bits per heavy atom. The summed E-state index contributed by atoms with van der Waals surface area (Å²) in [6.07, 6.45) is 0. The predicted molar refractivity (Wildman–Crippen MR) is 68.1 cm³/mol. The average Bonchev–Trinajstić information content (AvgIpc) is 2.74. The number of hydrogen-bond acceptors (Lipinski definition) is 5. The molecule has 0 saturated heterocycles. The molecule has 0 atom stereocenters. The molecule has 2 rings (SSSR count). The van der Waals surface area contributed by atoms with Gasteiger partial charge in [0.05, 0.1) is 6.04 Å². The highest BCUT2D eigenvalue weighted by Crippen LogP contribution is 2.08. The SMILES string of the molecule is Cc1cc(NC(=O)c2ccc(=O)n(C(C)C)n2)no1. The number of aromatic nitrogens is 3. The van der Waals surface area contributed by atoms with E-state index in [2.05, 4.69) is 15.6 Å². The zero-order valence-corrected chi connectivity index (χ0v) is 10.9. The smallest absolute Gasteiger partial charge is 0.277 e. The first kappa shape index (κ1) is 13.0. The van der Waals surface area contributed by atoms with Crippen LogP contribution in [0.5, 0.6) is 0 Å². The number of amides is 1. The summed E-state index contributed by atoms with van der Waals surface area (Å²) in [6, 6.07) is 4.17. The highest BCUT2D eigenvalue weighted by atomic mass is 16.5. The van der Waals surface area contributed by atoms with Crippen molar-refractivity contribution in [1.82, 2.24) is 14.9 Å². The number of nitrogens with one attached hydrogen (secondary N) is 1. The van der Waals surface area contributed by atoms with Gasteiger partial charge in [-0.25, -0.2) is 4.68 Å². The van der Waals surface area contributed by atoms with Gasteiger partial charge in [-0.1, -0.05) is 5.16 Å². The summed E-state index contributed by atoms with van der Waals surface area (Å²) in [5.74, 6) is 0.463.